The van der Waals surface area contributed by atoms with Gasteiger partial charge in [-0.25, -0.2) is 0 Å². The van der Waals surface area contributed by atoms with E-state index in [0.717, 1.165) is 5.69 Å². The molecule has 1 aromatic carbocycles. The molecule has 60 valence electrons. The van der Waals surface area contributed by atoms with Crippen LogP contribution < -0.4 is 8.43 Å². The largest absolute Gasteiger partial charge is 0.386 e. The monoisotopic (exact) mass is 262 g/mol. The third-order valence-corrected chi connectivity index (χ3v) is 2.03. The Kier molecular flexibility index (Phi) is 2.99. The summed E-state index contributed by atoms with van der Waals surface area (Å²) < 4.78 is 2.06. The lowest BCUT2D eigenvalue weighted by atomic mass is 10.3. The summed E-state index contributed by atoms with van der Waals surface area (Å²) in [5.41, 5.74) is 2.36. The number of halogens is 1. The number of hydrogen-bond donors (Lipinski definition) is 1. The van der Waals surface area contributed by atoms with Gasteiger partial charge in [0.1, 0.15) is 0 Å². The molecular weight excluding hydrogens is 251 g/mol. The van der Waals surface area contributed by atoms with E-state index in [2.05, 4.69) is 43.4 Å². The van der Waals surface area contributed by atoms with Gasteiger partial charge in [0.2, 0.25) is 0 Å². The van der Waals surface area contributed by atoms with E-state index in [1.165, 1.54) is 5.69 Å². The van der Waals surface area contributed by atoms with E-state index in [1.807, 2.05) is 26.2 Å². The molecule has 0 fully saturated rings. The van der Waals surface area contributed by atoms with Crippen molar-refractivity contribution in [3.63, 3.8) is 0 Å². The summed E-state index contributed by atoms with van der Waals surface area (Å²) in [6.45, 7) is 0. The molecule has 2 nitrogen and oxygen atoms in total. The zero-order chi connectivity index (χ0) is 8.27. The van der Waals surface area contributed by atoms with Crippen molar-refractivity contribution in [1.82, 2.24) is 0 Å². The molecule has 3 heteroatoms. The summed E-state index contributed by atoms with van der Waals surface area (Å²) in [6, 6.07) is 8.20. The number of para-hydroxylation sites is 2. The van der Waals surface area contributed by atoms with Crippen LogP contribution >= 0.6 is 22.9 Å². The van der Waals surface area contributed by atoms with Gasteiger partial charge in [0, 0.05) is 14.1 Å². The fourth-order valence-electron chi connectivity index (χ4n) is 0.954. The van der Waals surface area contributed by atoms with Gasteiger partial charge < -0.3 is 8.43 Å². The van der Waals surface area contributed by atoms with Gasteiger partial charge in [0.15, 0.2) is 0 Å². The molecule has 0 aliphatic heterocycles. The predicted octanol–water partition coefficient (Wildman–Crippen LogP) is 2.51. The third-order valence-electron chi connectivity index (χ3n) is 1.51. The van der Waals surface area contributed by atoms with E-state index in [9.17, 15) is 0 Å². The summed E-state index contributed by atoms with van der Waals surface area (Å²) in [6.07, 6.45) is 0. The van der Waals surface area contributed by atoms with Crippen LogP contribution in [0.3, 0.4) is 0 Å². The number of hydrogen-bond acceptors (Lipinski definition) is 2. The molecule has 0 atom stereocenters. The molecule has 1 aromatic rings. The summed E-state index contributed by atoms with van der Waals surface area (Å²) >= 11 is 2.25. The zero-order valence-corrected chi connectivity index (χ0v) is 8.79. The summed E-state index contributed by atoms with van der Waals surface area (Å²) in [5, 5.41) is 3.13. The Balaban J connectivity index is 3.02. The van der Waals surface area contributed by atoms with Crippen molar-refractivity contribution < 1.29 is 0 Å². The first kappa shape index (κ1) is 8.64. The second-order valence-corrected chi connectivity index (χ2v) is 3.69. The molecule has 0 bridgehead atoms. The quantitative estimate of drug-likeness (QED) is 0.650. The smallest absolute Gasteiger partial charge is 0.0686 e. The fraction of sp³-hybridized carbons (Fsp3) is 0.250. The molecule has 0 saturated carbocycles. The second-order valence-electron chi connectivity index (χ2n) is 2.24. The molecule has 0 amide bonds. The minimum Gasteiger partial charge on any atom is -0.386 e. The minimum absolute atomic E-state index is 1.16. The van der Waals surface area contributed by atoms with Gasteiger partial charge in [-0.05, 0) is 12.1 Å². The average molecular weight is 262 g/mol. The lowest BCUT2D eigenvalue weighted by molar-refractivity contribution is 1.38. The van der Waals surface area contributed by atoms with Crippen LogP contribution in [0.2, 0.25) is 0 Å². The van der Waals surface area contributed by atoms with E-state index in [4.69, 9.17) is 0 Å². The van der Waals surface area contributed by atoms with Gasteiger partial charge in [0.05, 0.1) is 34.2 Å². The van der Waals surface area contributed by atoms with Crippen LogP contribution in [0.25, 0.3) is 0 Å². The lowest BCUT2D eigenvalue weighted by Gasteiger charge is -2.14. The summed E-state index contributed by atoms with van der Waals surface area (Å²) in [7, 11) is 3.95. The maximum absolute atomic E-state index is 3.13. The van der Waals surface area contributed by atoms with E-state index in [1.54, 1.807) is 0 Å². The standard InChI is InChI=1S/C8H11IN2/c1-10-7-5-3-4-6-8(7)11(2)9/h3-6,10H,1-2H3. The van der Waals surface area contributed by atoms with Crippen molar-refractivity contribution in [2.45, 2.75) is 0 Å². The molecule has 11 heavy (non-hydrogen) atoms. The molecular formula is C8H11IN2. The van der Waals surface area contributed by atoms with E-state index < -0.39 is 0 Å². The predicted molar refractivity (Wildman–Crippen MR) is 58.4 cm³/mol. The lowest BCUT2D eigenvalue weighted by Crippen LogP contribution is -2.02. The summed E-state index contributed by atoms with van der Waals surface area (Å²) in [5.74, 6) is 0. The van der Waals surface area contributed by atoms with Crippen LogP contribution in [0.4, 0.5) is 11.4 Å². The highest BCUT2D eigenvalue weighted by molar-refractivity contribution is 14.1. The molecule has 0 saturated heterocycles. The molecule has 1 rings (SSSR count). The molecule has 0 spiro atoms. The van der Waals surface area contributed by atoms with Crippen molar-refractivity contribution in [2.24, 2.45) is 0 Å². The van der Waals surface area contributed by atoms with Gasteiger partial charge in [-0.15, -0.1) is 0 Å². The van der Waals surface area contributed by atoms with Crippen LogP contribution in [-0.4, -0.2) is 14.1 Å². The first-order chi connectivity index (χ1) is 5.25. The first-order valence-electron chi connectivity index (χ1n) is 3.42. The van der Waals surface area contributed by atoms with Crippen LogP contribution in [-0.2, 0) is 0 Å². The van der Waals surface area contributed by atoms with E-state index >= 15 is 0 Å². The van der Waals surface area contributed by atoms with Crippen LogP contribution in [0.15, 0.2) is 24.3 Å². The van der Waals surface area contributed by atoms with Gasteiger partial charge in [-0.3, -0.25) is 0 Å². The maximum atomic E-state index is 3.13. The van der Waals surface area contributed by atoms with E-state index in [-0.39, 0.29) is 0 Å². The van der Waals surface area contributed by atoms with Gasteiger partial charge in [-0.2, -0.15) is 0 Å². The molecule has 0 aromatic heterocycles. The number of anilines is 2. The van der Waals surface area contributed by atoms with Crippen LogP contribution in [0, 0.1) is 0 Å². The molecule has 0 aliphatic rings. The Bertz CT molecular complexity index is 235. The van der Waals surface area contributed by atoms with Crippen molar-refractivity contribution in [2.75, 3.05) is 22.5 Å². The van der Waals surface area contributed by atoms with E-state index in [0.29, 0.717) is 0 Å². The Morgan fingerprint density at radius 1 is 1.36 bits per heavy atom. The topological polar surface area (TPSA) is 15.3 Å². The molecule has 0 heterocycles. The normalized spacial score (nSPS) is 9.36. The average Bonchev–Trinajstić information content (AvgIpc) is 2.04. The molecule has 0 unspecified atom stereocenters. The number of benzene rings is 1. The number of rotatable bonds is 2. The van der Waals surface area contributed by atoms with Gasteiger partial charge in [0.25, 0.3) is 0 Å². The highest BCUT2D eigenvalue weighted by atomic mass is 127. The Hall–Kier alpha value is -0.450. The van der Waals surface area contributed by atoms with Crippen LogP contribution in [0.1, 0.15) is 0 Å². The number of nitrogens with one attached hydrogen (secondary N) is 1. The Morgan fingerprint density at radius 3 is 2.45 bits per heavy atom. The minimum atomic E-state index is 1.16. The number of nitrogens with zero attached hydrogens (tertiary/aromatic N) is 1. The molecule has 1 N–H and O–H groups in total. The molecule has 0 aliphatic carbocycles. The van der Waals surface area contributed by atoms with Crippen molar-refractivity contribution in [3.8, 4) is 0 Å². The first-order valence-corrected chi connectivity index (χ1v) is 4.38. The maximum Gasteiger partial charge on any atom is 0.0686 e. The highest BCUT2D eigenvalue weighted by Crippen LogP contribution is 2.25. The SMILES string of the molecule is CNc1ccccc1N(C)I. The highest BCUT2D eigenvalue weighted by Gasteiger charge is 2.00. The van der Waals surface area contributed by atoms with Crippen LogP contribution in [0.5, 0.6) is 0 Å². The fourth-order valence-corrected chi connectivity index (χ4v) is 1.37. The summed E-state index contributed by atoms with van der Waals surface area (Å²) in [4.78, 5) is 0. The molecule has 0 radical (unpaired) electrons. The van der Waals surface area contributed by atoms with Crippen molar-refractivity contribution in [1.29, 1.82) is 0 Å². The zero-order valence-electron chi connectivity index (χ0n) is 6.63. The second kappa shape index (κ2) is 3.80. The van der Waals surface area contributed by atoms with Gasteiger partial charge in [-0.1, -0.05) is 12.1 Å². The van der Waals surface area contributed by atoms with Crippen molar-refractivity contribution in [3.05, 3.63) is 24.3 Å². The van der Waals surface area contributed by atoms with Gasteiger partial charge >= 0.3 is 0 Å². The van der Waals surface area contributed by atoms with Crippen molar-refractivity contribution >= 4 is 34.2 Å². The Labute approximate surface area is 81.1 Å². The third kappa shape index (κ3) is 1.99. The Morgan fingerprint density at radius 2 is 2.00 bits per heavy atom.